The summed E-state index contributed by atoms with van der Waals surface area (Å²) in [6.45, 7) is 4.51. The lowest BCUT2D eigenvalue weighted by molar-refractivity contribution is 0.627. The van der Waals surface area contributed by atoms with Gasteiger partial charge in [0.2, 0.25) is 0 Å². The SMILES string of the molecule is C=CCc1c(-c2ccc(C#N)cc2)nnn1Cc1ccccc1. The van der Waals surface area contributed by atoms with Crippen LogP contribution in [0.25, 0.3) is 11.3 Å². The monoisotopic (exact) mass is 300 g/mol. The van der Waals surface area contributed by atoms with Crippen molar-refractivity contribution in [1.82, 2.24) is 15.0 Å². The molecule has 0 N–H and O–H groups in total. The molecule has 0 unspecified atom stereocenters. The Morgan fingerprint density at radius 1 is 1.09 bits per heavy atom. The van der Waals surface area contributed by atoms with E-state index in [2.05, 4.69) is 35.1 Å². The Balaban J connectivity index is 1.97. The average Bonchev–Trinajstić information content (AvgIpc) is 2.99. The molecule has 3 aromatic rings. The number of hydrogen-bond acceptors (Lipinski definition) is 3. The maximum absolute atomic E-state index is 8.91. The van der Waals surface area contributed by atoms with Crippen molar-refractivity contribution in [1.29, 1.82) is 5.26 Å². The Kier molecular flexibility index (Phi) is 4.30. The van der Waals surface area contributed by atoms with E-state index in [4.69, 9.17) is 5.26 Å². The van der Waals surface area contributed by atoms with E-state index in [-0.39, 0.29) is 0 Å². The van der Waals surface area contributed by atoms with Crippen LogP contribution in [-0.2, 0) is 13.0 Å². The summed E-state index contributed by atoms with van der Waals surface area (Å²) < 4.78 is 1.91. The second-order valence-corrected chi connectivity index (χ2v) is 5.21. The van der Waals surface area contributed by atoms with Gasteiger partial charge in [-0.05, 0) is 17.7 Å². The maximum Gasteiger partial charge on any atom is 0.116 e. The van der Waals surface area contributed by atoms with Crippen molar-refractivity contribution < 1.29 is 0 Å². The van der Waals surface area contributed by atoms with E-state index in [0.717, 1.165) is 17.0 Å². The van der Waals surface area contributed by atoms with Gasteiger partial charge in [-0.1, -0.05) is 53.8 Å². The second kappa shape index (κ2) is 6.71. The molecule has 23 heavy (non-hydrogen) atoms. The zero-order valence-electron chi connectivity index (χ0n) is 12.7. The molecule has 0 aliphatic carbocycles. The van der Waals surface area contributed by atoms with Crippen LogP contribution in [0.4, 0.5) is 0 Å². The van der Waals surface area contributed by atoms with Crippen LogP contribution in [0.2, 0.25) is 0 Å². The summed E-state index contributed by atoms with van der Waals surface area (Å²) in [5.74, 6) is 0. The first-order chi connectivity index (χ1) is 11.3. The second-order valence-electron chi connectivity index (χ2n) is 5.21. The summed E-state index contributed by atoms with van der Waals surface area (Å²) in [6.07, 6.45) is 2.54. The molecule has 0 radical (unpaired) electrons. The van der Waals surface area contributed by atoms with Crippen molar-refractivity contribution >= 4 is 0 Å². The lowest BCUT2D eigenvalue weighted by atomic mass is 10.1. The molecule has 0 atom stereocenters. The molecule has 0 saturated carbocycles. The Bertz CT molecular complexity index is 839. The molecule has 112 valence electrons. The molecule has 0 aliphatic heterocycles. The van der Waals surface area contributed by atoms with E-state index in [0.29, 0.717) is 18.5 Å². The number of allylic oxidation sites excluding steroid dienone is 1. The Labute approximate surface area is 135 Å². The van der Waals surface area contributed by atoms with Crippen molar-refractivity contribution in [2.45, 2.75) is 13.0 Å². The molecule has 0 amide bonds. The third-order valence-corrected chi connectivity index (χ3v) is 3.64. The quantitative estimate of drug-likeness (QED) is 0.677. The van der Waals surface area contributed by atoms with Gasteiger partial charge in [-0.3, -0.25) is 0 Å². The smallest absolute Gasteiger partial charge is 0.116 e. The summed E-state index contributed by atoms with van der Waals surface area (Å²) in [4.78, 5) is 0. The van der Waals surface area contributed by atoms with Crippen LogP contribution in [0.5, 0.6) is 0 Å². The highest BCUT2D eigenvalue weighted by atomic mass is 15.4. The van der Waals surface area contributed by atoms with E-state index in [1.54, 1.807) is 12.1 Å². The Hall–Kier alpha value is -3.19. The van der Waals surface area contributed by atoms with Gasteiger partial charge in [-0.25, -0.2) is 4.68 Å². The lowest BCUT2D eigenvalue weighted by Crippen LogP contribution is -2.06. The molecule has 1 aromatic heterocycles. The van der Waals surface area contributed by atoms with Crippen molar-refractivity contribution in [3.05, 3.63) is 84.1 Å². The number of nitrogens with zero attached hydrogens (tertiary/aromatic N) is 4. The number of aromatic nitrogens is 3. The molecule has 0 spiro atoms. The average molecular weight is 300 g/mol. The highest BCUT2D eigenvalue weighted by molar-refractivity contribution is 5.62. The van der Waals surface area contributed by atoms with E-state index in [1.165, 1.54) is 5.56 Å². The van der Waals surface area contributed by atoms with E-state index >= 15 is 0 Å². The lowest BCUT2D eigenvalue weighted by Gasteiger charge is -2.07. The van der Waals surface area contributed by atoms with Gasteiger partial charge in [-0.2, -0.15) is 5.26 Å². The molecular weight excluding hydrogens is 284 g/mol. The molecule has 4 nitrogen and oxygen atoms in total. The molecule has 3 rings (SSSR count). The highest BCUT2D eigenvalue weighted by Crippen LogP contribution is 2.23. The fourth-order valence-electron chi connectivity index (χ4n) is 2.48. The van der Waals surface area contributed by atoms with Gasteiger partial charge in [-0.15, -0.1) is 11.7 Å². The van der Waals surface area contributed by atoms with Gasteiger partial charge in [0, 0.05) is 12.0 Å². The van der Waals surface area contributed by atoms with Gasteiger partial charge in [0.05, 0.1) is 23.9 Å². The molecule has 0 aliphatic rings. The van der Waals surface area contributed by atoms with Crippen LogP contribution in [-0.4, -0.2) is 15.0 Å². The summed E-state index contributed by atoms with van der Waals surface area (Å²) in [5.41, 5.74) is 4.63. The Morgan fingerprint density at radius 3 is 2.48 bits per heavy atom. The molecular formula is C19H16N4. The van der Waals surface area contributed by atoms with Crippen molar-refractivity contribution in [2.75, 3.05) is 0 Å². The summed E-state index contributed by atoms with van der Waals surface area (Å²) in [5, 5.41) is 17.6. The zero-order valence-corrected chi connectivity index (χ0v) is 12.7. The third kappa shape index (κ3) is 3.19. The first-order valence-electron chi connectivity index (χ1n) is 7.39. The first-order valence-corrected chi connectivity index (χ1v) is 7.39. The number of hydrogen-bond donors (Lipinski definition) is 0. The topological polar surface area (TPSA) is 54.5 Å². The maximum atomic E-state index is 8.91. The molecule has 0 saturated heterocycles. The summed E-state index contributed by atoms with van der Waals surface area (Å²) in [6, 6.07) is 19.7. The first kappa shape index (κ1) is 14.7. The predicted molar refractivity (Wildman–Crippen MR) is 89.6 cm³/mol. The fraction of sp³-hybridized carbons (Fsp3) is 0.105. The van der Waals surface area contributed by atoms with Gasteiger partial charge >= 0.3 is 0 Å². The molecule has 4 heteroatoms. The van der Waals surface area contributed by atoms with E-state index in [9.17, 15) is 0 Å². The molecule has 2 aromatic carbocycles. The van der Waals surface area contributed by atoms with E-state index in [1.807, 2.05) is 41.1 Å². The van der Waals surface area contributed by atoms with Crippen LogP contribution in [0.3, 0.4) is 0 Å². The molecule has 0 fully saturated rings. The largest absolute Gasteiger partial charge is 0.244 e. The predicted octanol–water partition coefficient (Wildman–Crippen LogP) is 3.59. The minimum absolute atomic E-state index is 0.635. The molecule has 0 bridgehead atoms. The normalized spacial score (nSPS) is 10.2. The number of nitriles is 1. The summed E-state index contributed by atoms with van der Waals surface area (Å²) in [7, 11) is 0. The number of benzene rings is 2. The van der Waals surface area contributed by atoms with Gasteiger partial charge in [0.25, 0.3) is 0 Å². The molecule has 1 heterocycles. The van der Waals surface area contributed by atoms with Gasteiger partial charge in [0.15, 0.2) is 0 Å². The third-order valence-electron chi connectivity index (χ3n) is 3.64. The van der Waals surface area contributed by atoms with Crippen LogP contribution in [0.1, 0.15) is 16.8 Å². The van der Waals surface area contributed by atoms with Gasteiger partial charge < -0.3 is 0 Å². The number of rotatable bonds is 5. The van der Waals surface area contributed by atoms with Gasteiger partial charge in [0.1, 0.15) is 5.69 Å². The summed E-state index contributed by atoms with van der Waals surface area (Å²) >= 11 is 0. The van der Waals surface area contributed by atoms with Crippen LogP contribution in [0, 0.1) is 11.3 Å². The fourth-order valence-corrected chi connectivity index (χ4v) is 2.48. The van der Waals surface area contributed by atoms with Crippen LogP contribution < -0.4 is 0 Å². The highest BCUT2D eigenvalue weighted by Gasteiger charge is 2.13. The minimum Gasteiger partial charge on any atom is -0.244 e. The van der Waals surface area contributed by atoms with E-state index < -0.39 is 0 Å². The van der Waals surface area contributed by atoms with Crippen molar-refractivity contribution in [2.24, 2.45) is 0 Å². The zero-order chi connectivity index (χ0) is 16.1. The van der Waals surface area contributed by atoms with Crippen molar-refractivity contribution in [3.63, 3.8) is 0 Å². The van der Waals surface area contributed by atoms with Crippen LogP contribution >= 0.6 is 0 Å². The minimum atomic E-state index is 0.635. The Morgan fingerprint density at radius 2 is 1.83 bits per heavy atom. The van der Waals surface area contributed by atoms with Crippen LogP contribution in [0.15, 0.2) is 67.3 Å². The standard InChI is InChI=1S/C19H16N4/c1-2-6-18-19(17-11-9-15(13-20)10-12-17)21-22-23(18)14-16-7-4-3-5-8-16/h2-5,7-12H,1,6,14H2. The van der Waals surface area contributed by atoms with Crippen molar-refractivity contribution in [3.8, 4) is 17.3 Å².